The zero-order chi connectivity index (χ0) is 13.7. The molecular formula is C15H19FN2O. The highest BCUT2D eigenvalue weighted by molar-refractivity contribution is 5.34. The van der Waals surface area contributed by atoms with Crippen LogP contribution < -0.4 is 5.32 Å². The Bertz CT molecular complexity index is 470. The van der Waals surface area contributed by atoms with Crippen LogP contribution in [0, 0.1) is 17.1 Å². The average Bonchev–Trinajstić information content (AvgIpc) is 2.62. The predicted octanol–water partition coefficient (Wildman–Crippen LogP) is 2.48. The Kier molecular flexibility index (Phi) is 4.89. The van der Waals surface area contributed by atoms with Gasteiger partial charge in [-0.2, -0.15) is 5.26 Å². The van der Waals surface area contributed by atoms with Gasteiger partial charge < -0.3 is 10.4 Å². The Morgan fingerprint density at radius 2 is 2.11 bits per heavy atom. The molecule has 19 heavy (non-hydrogen) atoms. The molecule has 1 aromatic rings. The molecule has 0 radical (unpaired) electrons. The summed E-state index contributed by atoms with van der Waals surface area (Å²) in [6, 6.07) is 6.49. The number of nitriles is 1. The summed E-state index contributed by atoms with van der Waals surface area (Å²) in [4.78, 5) is 0. The number of rotatable bonds is 3. The number of nitrogens with one attached hydrogen (secondary N) is 1. The molecule has 0 heterocycles. The van der Waals surface area contributed by atoms with E-state index in [-0.39, 0.29) is 17.7 Å². The molecule has 1 fully saturated rings. The van der Waals surface area contributed by atoms with Crippen molar-refractivity contribution < 1.29 is 9.50 Å². The van der Waals surface area contributed by atoms with Crippen molar-refractivity contribution in [2.45, 2.75) is 50.8 Å². The van der Waals surface area contributed by atoms with E-state index >= 15 is 0 Å². The van der Waals surface area contributed by atoms with E-state index in [0.29, 0.717) is 6.54 Å². The molecular weight excluding hydrogens is 243 g/mol. The zero-order valence-corrected chi connectivity index (χ0v) is 10.9. The maximum atomic E-state index is 13.2. The lowest BCUT2D eigenvalue weighted by Crippen LogP contribution is -2.38. The summed E-state index contributed by atoms with van der Waals surface area (Å²) >= 11 is 0. The second-order valence-electron chi connectivity index (χ2n) is 5.12. The molecule has 1 saturated carbocycles. The molecule has 1 aliphatic carbocycles. The zero-order valence-electron chi connectivity index (χ0n) is 10.9. The summed E-state index contributed by atoms with van der Waals surface area (Å²) in [7, 11) is 0. The van der Waals surface area contributed by atoms with Crippen LogP contribution in [0.4, 0.5) is 4.39 Å². The number of hydrogen-bond donors (Lipinski definition) is 2. The Hall–Kier alpha value is -1.44. The fraction of sp³-hybridized carbons (Fsp3) is 0.533. The summed E-state index contributed by atoms with van der Waals surface area (Å²) in [5, 5.41) is 22.1. The maximum absolute atomic E-state index is 13.2. The van der Waals surface area contributed by atoms with Crippen LogP contribution in [0.1, 0.15) is 43.2 Å². The second kappa shape index (κ2) is 6.65. The van der Waals surface area contributed by atoms with Crippen LogP contribution in [0.3, 0.4) is 0 Å². The van der Waals surface area contributed by atoms with Crippen LogP contribution in [-0.4, -0.2) is 17.3 Å². The number of benzene rings is 1. The Morgan fingerprint density at radius 3 is 2.89 bits per heavy atom. The minimum Gasteiger partial charge on any atom is -0.392 e. The van der Waals surface area contributed by atoms with E-state index < -0.39 is 5.82 Å². The summed E-state index contributed by atoms with van der Waals surface area (Å²) in [5.41, 5.74) is 0.940. The Morgan fingerprint density at radius 1 is 1.32 bits per heavy atom. The third-order valence-electron chi connectivity index (χ3n) is 3.70. The van der Waals surface area contributed by atoms with Crippen molar-refractivity contribution in [3.05, 3.63) is 35.1 Å². The fourth-order valence-corrected chi connectivity index (χ4v) is 2.54. The van der Waals surface area contributed by atoms with Crippen molar-refractivity contribution in [3.8, 4) is 6.07 Å². The molecule has 2 unspecified atom stereocenters. The summed E-state index contributed by atoms with van der Waals surface area (Å²) in [6.07, 6.45) is 4.87. The summed E-state index contributed by atoms with van der Waals surface area (Å²) in [5.74, 6) is -0.485. The molecule has 2 N–H and O–H groups in total. The normalized spacial score (nSPS) is 23.6. The first-order valence-corrected chi connectivity index (χ1v) is 6.80. The molecule has 0 spiro atoms. The first kappa shape index (κ1) is 14.0. The Labute approximate surface area is 113 Å². The van der Waals surface area contributed by atoms with Gasteiger partial charge in [-0.05, 0) is 30.5 Å². The van der Waals surface area contributed by atoms with E-state index in [1.165, 1.54) is 12.5 Å². The molecule has 0 aromatic heterocycles. The van der Waals surface area contributed by atoms with Crippen LogP contribution in [0.25, 0.3) is 0 Å². The molecule has 0 amide bonds. The number of halogens is 1. The molecule has 1 aliphatic rings. The number of hydrogen-bond acceptors (Lipinski definition) is 3. The number of aliphatic hydroxyl groups excluding tert-OH is 1. The lowest BCUT2D eigenvalue weighted by Gasteiger charge is -2.21. The average molecular weight is 262 g/mol. The standard InChI is InChI=1S/C15H19FN2O/c16-13-7-6-11(8-12(13)9-17)10-18-14-4-2-1-3-5-15(14)19/h6-8,14-15,18-19H,1-5,10H2. The topological polar surface area (TPSA) is 56.0 Å². The first-order chi connectivity index (χ1) is 9.20. The highest BCUT2D eigenvalue weighted by Gasteiger charge is 2.20. The molecule has 0 aliphatic heterocycles. The second-order valence-corrected chi connectivity index (χ2v) is 5.12. The fourth-order valence-electron chi connectivity index (χ4n) is 2.54. The highest BCUT2D eigenvalue weighted by Crippen LogP contribution is 2.18. The molecule has 1 aromatic carbocycles. The van der Waals surface area contributed by atoms with Crippen LogP contribution in [0.5, 0.6) is 0 Å². The van der Waals surface area contributed by atoms with E-state index in [0.717, 1.165) is 31.2 Å². The molecule has 0 saturated heterocycles. The minimum absolute atomic E-state index is 0.0701. The van der Waals surface area contributed by atoms with Gasteiger partial charge in [0.2, 0.25) is 0 Å². The predicted molar refractivity (Wildman–Crippen MR) is 70.8 cm³/mol. The molecule has 2 atom stereocenters. The van der Waals surface area contributed by atoms with Gasteiger partial charge in [0.25, 0.3) is 0 Å². The van der Waals surface area contributed by atoms with Gasteiger partial charge in [0.15, 0.2) is 0 Å². The van der Waals surface area contributed by atoms with E-state index in [9.17, 15) is 9.50 Å². The molecule has 0 bridgehead atoms. The molecule has 2 rings (SSSR count). The van der Waals surface area contributed by atoms with Crippen LogP contribution >= 0.6 is 0 Å². The van der Waals surface area contributed by atoms with Crippen LogP contribution in [0.2, 0.25) is 0 Å². The summed E-state index contributed by atoms with van der Waals surface area (Å²) in [6.45, 7) is 0.552. The van der Waals surface area contributed by atoms with Crippen molar-refractivity contribution in [2.75, 3.05) is 0 Å². The largest absolute Gasteiger partial charge is 0.392 e. The van der Waals surface area contributed by atoms with Crippen molar-refractivity contribution in [1.29, 1.82) is 5.26 Å². The third kappa shape index (κ3) is 3.76. The SMILES string of the molecule is N#Cc1cc(CNC2CCCCCC2O)ccc1F. The van der Waals surface area contributed by atoms with Crippen LogP contribution in [0.15, 0.2) is 18.2 Å². The van der Waals surface area contributed by atoms with E-state index in [2.05, 4.69) is 5.32 Å². The van der Waals surface area contributed by atoms with Gasteiger partial charge >= 0.3 is 0 Å². The van der Waals surface area contributed by atoms with Gasteiger partial charge in [0, 0.05) is 12.6 Å². The lowest BCUT2D eigenvalue weighted by molar-refractivity contribution is 0.119. The lowest BCUT2D eigenvalue weighted by atomic mass is 10.1. The van der Waals surface area contributed by atoms with Gasteiger partial charge in [-0.25, -0.2) is 4.39 Å². The maximum Gasteiger partial charge on any atom is 0.140 e. The third-order valence-corrected chi connectivity index (χ3v) is 3.70. The van der Waals surface area contributed by atoms with Crippen molar-refractivity contribution >= 4 is 0 Å². The quantitative estimate of drug-likeness (QED) is 0.823. The summed E-state index contributed by atoms with van der Waals surface area (Å²) < 4.78 is 13.2. The smallest absolute Gasteiger partial charge is 0.140 e. The van der Waals surface area contributed by atoms with Gasteiger partial charge in [0.05, 0.1) is 11.7 Å². The Balaban J connectivity index is 1.96. The van der Waals surface area contributed by atoms with E-state index in [1.54, 1.807) is 12.1 Å². The van der Waals surface area contributed by atoms with Crippen LogP contribution in [-0.2, 0) is 6.54 Å². The monoisotopic (exact) mass is 262 g/mol. The van der Waals surface area contributed by atoms with Gasteiger partial charge in [-0.15, -0.1) is 0 Å². The van der Waals surface area contributed by atoms with Gasteiger partial charge in [-0.3, -0.25) is 0 Å². The van der Waals surface area contributed by atoms with Crippen molar-refractivity contribution in [2.24, 2.45) is 0 Å². The van der Waals surface area contributed by atoms with Crippen molar-refractivity contribution in [1.82, 2.24) is 5.32 Å². The highest BCUT2D eigenvalue weighted by atomic mass is 19.1. The van der Waals surface area contributed by atoms with Gasteiger partial charge in [0.1, 0.15) is 11.9 Å². The molecule has 102 valence electrons. The molecule has 3 nitrogen and oxygen atoms in total. The number of nitrogens with zero attached hydrogens (tertiary/aromatic N) is 1. The van der Waals surface area contributed by atoms with E-state index in [4.69, 9.17) is 5.26 Å². The van der Waals surface area contributed by atoms with Crippen molar-refractivity contribution in [3.63, 3.8) is 0 Å². The van der Waals surface area contributed by atoms with Gasteiger partial charge in [-0.1, -0.05) is 25.3 Å². The number of aliphatic hydroxyl groups is 1. The minimum atomic E-state index is -0.485. The first-order valence-electron chi connectivity index (χ1n) is 6.80. The van der Waals surface area contributed by atoms with E-state index in [1.807, 2.05) is 6.07 Å². The molecule has 4 heteroatoms.